The Morgan fingerprint density at radius 1 is 1.07 bits per heavy atom. The fourth-order valence-electron chi connectivity index (χ4n) is 4.76. The summed E-state index contributed by atoms with van der Waals surface area (Å²) in [5.41, 5.74) is 1.37. The number of aryl methyl sites for hydroxylation is 1. The number of rotatable bonds is 10. The lowest BCUT2D eigenvalue weighted by Gasteiger charge is -2.36. The lowest BCUT2D eigenvalue weighted by Crippen LogP contribution is -2.54. The topological polar surface area (TPSA) is 84.0 Å². The van der Waals surface area contributed by atoms with Gasteiger partial charge in [0.2, 0.25) is 0 Å². The predicted octanol–water partition coefficient (Wildman–Crippen LogP) is 7.39. The summed E-state index contributed by atoms with van der Waals surface area (Å²) < 4.78 is 50.4. The van der Waals surface area contributed by atoms with Crippen LogP contribution in [-0.2, 0) is 28.0 Å². The van der Waals surface area contributed by atoms with Crippen LogP contribution in [-0.4, -0.2) is 71.2 Å². The fraction of sp³-hybridized carbons (Fsp3) is 0.485. The monoisotopic (exact) mass is 678 g/mol. The SMILES string of the molecule is CCOC(=O)C(C)Oc1ccc(SCc2sc(-c3ccc(C(F)(F)F)cc3)nc2CN2CCN(C(=O)NC(C)(C)C)CC2)cc1C. The molecular weight excluding hydrogens is 638 g/mol. The third kappa shape index (κ3) is 9.85. The molecule has 8 nitrogen and oxygen atoms in total. The van der Waals surface area contributed by atoms with E-state index in [2.05, 4.69) is 10.2 Å². The molecule has 2 amide bonds. The van der Waals surface area contributed by atoms with Gasteiger partial charge in [-0.15, -0.1) is 23.1 Å². The molecule has 0 radical (unpaired) electrons. The number of benzene rings is 2. The smallest absolute Gasteiger partial charge is 0.416 e. The molecule has 250 valence electrons. The number of hydrogen-bond donors (Lipinski definition) is 1. The van der Waals surface area contributed by atoms with Crippen LogP contribution in [0, 0.1) is 6.92 Å². The molecule has 13 heteroatoms. The molecule has 2 heterocycles. The number of hydrogen-bond acceptors (Lipinski definition) is 8. The maximum atomic E-state index is 13.2. The van der Waals surface area contributed by atoms with Crippen LogP contribution in [0.2, 0.25) is 0 Å². The van der Waals surface area contributed by atoms with Gasteiger partial charge in [0.15, 0.2) is 6.10 Å². The molecule has 2 aromatic carbocycles. The van der Waals surface area contributed by atoms with Gasteiger partial charge in [-0.2, -0.15) is 13.2 Å². The minimum atomic E-state index is -4.41. The van der Waals surface area contributed by atoms with Crippen LogP contribution in [0.4, 0.5) is 18.0 Å². The summed E-state index contributed by atoms with van der Waals surface area (Å²) in [6.45, 7) is 14.6. The second-order valence-electron chi connectivity index (χ2n) is 12.1. The van der Waals surface area contributed by atoms with E-state index in [1.165, 1.54) is 23.5 Å². The summed E-state index contributed by atoms with van der Waals surface area (Å²) in [7, 11) is 0. The van der Waals surface area contributed by atoms with Crippen molar-refractivity contribution in [3.05, 3.63) is 64.2 Å². The number of nitrogens with zero attached hydrogens (tertiary/aromatic N) is 3. The standard InChI is InChI=1S/C33H41F3N4O4S2/c1-7-43-30(41)22(3)44-27-13-12-25(18-21(27)2)45-20-28-26(19-39-14-16-40(17-15-39)31(42)38-32(4,5)6)37-29(46-28)23-8-10-24(11-9-23)33(34,35)36/h8-13,18,22H,7,14-17,19-20H2,1-6H3,(H,38,42). The first-order valence-corrected chi connectivity index (χ1v) is 17.0. The Hall–Kier alpha value is -3.29. The first-order chi connectivity index (χ1) is 21.6. The zero-order chi connectivity index (χ0) is 33.6. The van der Waals surface area contributed by atoms with Gasteiger partial charge in [-0.1, -0.05) is 12.1 Å². The zero-order valence-electron chi connectivity index (χ0n) is 27.0. The number of thioether (sulfide) groups is 1. The average Bonchev–Trinajstić information content (AvgIpc) is 3.39. The lowest BCUT2D eigenvalue weighted by molar-refractivity contribution is -0.150. The molecule has 1 saturated heterocycles. The van der Waals surface area contributed by atoms with Crippen LogP contribution < -0.4 is 10.1 Å². The molecule has 1 aliphatic rings. The maximum absolute atomic E-state index is 13.2. The predicted molar refractivity (Wildman–Crippen MR) is 175 cm³/mol. The van der Waals surface area contributed by atoms with E-state index in [0.29, 0.717) is 54.8 Å². The minimum Gasteiger partial charge on any atom is -0.479 e. The van der Waals surface area contributed by atoms with Gasteiger partial charge in [0.1, 0.15) is 10.8 Å². The number of amides is 2. The van der Waals surface area contributed by atoms with Crippen molar-refractivity contribution in [3.8, 4) is 16.3 Å². The summed E-state index contributed by atoms with van der Waals surface area (Å²) in [4.78, 5) is 35.6. The van der Waals surface area contributed by atoms with Crippen LogP contribution >= 0.6 is 23.1 Å². The van der Waals surface area contributed by atoms with Crippen molar-refractivity contribution < 1.29 is 32.2 Å². The van der Waals surface area contributed by atoms with E-state index < -0.39 is 23.8 Å². The van der Waals surface area contributed by atoms with Gasteiger partial charge in [-0.25, -0.2) is 14.6 Å². The molecule has 4 rings (SSSR count). The van der Waals surface area contributed by atoms with Gasteiger partial charge in [-0.05, 0) is 77.4 Å². The highest BCUT2D eigenvalue weighted by molar-refractivity contribution is 7.98. The molecule has 1 aromatic heterocycles. The second kappa shape index (κ2) is 15.1. The third-order valence-electron chi connectivity index (χ3n) is 7.19. The molecule has 0 aliphatic carbocycles. The van der Waals surface area contributed by atoms with Crippen molar-refractivity contribution in [2.45, 2.75) is 76.6 Å². The molecule has 46 heavy (non-hydrogen) atoms. The van der Waals surface area contributed by atoms with Crippen LogP contribution in [0.3, 0.4) is 0 Å². The summed E-state index contributed by atoms with van der Waals surface area (Å²) in [6.07, 6.45) is -5.13. The number of urea groups is 1. The Balaban J connectivity index is 1.49. The maximum Gasteiger partial charge on any atom is 0.416 e. The second-order valence-corrected chi connectivity index (χ2v) is 14.3. The van der Waals surface area contributed by atoms with Crippen molar-refractivity contribution >= 4 is 35.1 Å². The zero-order valence-corrected chi connectivity index (χ0v) is 28.6. The van der Waals surface area contributed by atoms with Crippen molar-refractivity contribution in [1.82, 2.24) is 20.1 Å². The summed E-state index contributed by atoms with van der Waals surface area (Å²) in [5.74, 6) is 0.792. The number of alkyl halides is 3. The number of esters is 1. The van der Waals surface area contributed by atoms with E-state index >= 15 is 0 Å². The van der Waals surface area contributed by atoms with Gasteiger partial charge in [0, 0.05) is 59.4 Å². The summed E-state index contributed by atoms with van der Waals surface area (Å²) >= 11 is 3.10. The highest BCUT2D eigenvalue weighted by atomic mass is 32.2. The molecule has 0 saturated carbocycles. The number of carbonyl (C=O) groups excluding carboxylic acids is 2. The number of thiazole rings is 1. The Morgan fingerprint density at radius 2 is 1.74 bits per heavy atom. The first kappa shape index (κ1) is 35.6. The van der Waals surface area contributed by atoms with E-state index in [0.717, 1.165) is 33.2 Å². The van der Waals surface area contributed by atoms with Crippen molar-refractivity contribution in [2.24, 2.45) is 0 Å². The highest BCUT2D eigenvalue weighted by Gasteiger charge is 2.30. The van der Waals surface area contributed by atoms with Crippen molar-refractivity contribution in [1.29, 1.82) is 0 Å². The number of piperazine rings is 1. The van der Waals surface area contributed by atoms with Crippen molar-refractivity contribution in [3.63, 3.8) is 0 Å². The Morgan fingerprint density at radius 3 is 2.33 bits per heavy atom. The van der Waals surface area contributed by atoms with E-state index in [1.54, 1.807) is 25.6 Å². The van der Waals surface area contributed by atoms with Gasteiger partial charge >= 0.3 is 18.2 Å². The van der Waals surface area contributed by atoms with Crippen LogP contribution in [0.25, 0.3) is 10.6 Å². The average molecular weight is 679 g/mol. The van der Waals surface area contributed by atoms with E-state index in [-0.39, 0.29) is 18.2 Å². The molecule has 3 aromatic rings. The first-order valence-electron chi connectivity index (χ1n) is 15.2. The number of nitrogens with one attached hydrogen (secondary N) is 1. The van der Waals surface area contributed by atoms with E-state index in [4.69, 9.17) is 14.5 Å². The normalized spacial score (nSPS) is 15.0. The van der Waals surface area contributed by atoms with Crippen molar-refractivity contribution in [2.75, 3.05) is 32.8 Å². The molecule has 0 bridgehead atoms. The van der Waals surface area contributed by atoms with Crippen LogP contribution in [0.15, 0.2) is 47.4 Å². The van der Waals surface area contributed by atoms with Gasteiger partial charge in [0.25, 0.3) is 0 Å². The Bertz CT molecular complexity index is 1500. The largest absolute Gasteiger partial charge is 0.479 e. The van der Waals surface area contributed by atoms with E-state index in [9.17, 15) is 22.8 Å². The number of ether oxygens (including phenoxy) is 2. The molecule has 1 aliphatic heterocycles. The lowest BCUT2D eigenvalue weighted by atomic mass is 10.1. The highest BCUT2D eigenvalue weighted by Crippen LogP contribution is 2.36. The summed E-state index contributed by atoms with van der Waals surface area (Å²) in [5, 5.41) is 3.67. The van der Waals surface area contributed by atoms with Gasteiger partial charge in [-0.3, -0.25) is 4.90 Å². The van der Waals surface area contributed by atoms with Crippen LogP contribution in [0.5, 0.6) is 5.75 Å². The quantitative estimate of drug-likeness (QED) is 0.177. The number of halogens is 3. The van der Waals surface area contributed by atoms with Gasteiger partial charge < -0.3 is 19.7 Å². The molecule has 1 N–H and O–H groups in total. The molecule has 0 spiro atoms. The summed E-state index contributed by atoms with van der Waals surface area (Å²) in [6, 6.07) is 10.8. The Labute approximate surface area is 276 Å². The molecule has 1 fully saturated rings. The third-order valence-corrected chi connectivity index (χ3v) is 9.54. The van der Waals surface area contributed by atoms with E-state index in [1.807, 2.05) is 50.8 Å². The minimum absolute atomic E-state index is 0.0791. The molecular formula is C33H41F3N4O4S2. The number of carbonyl (C=O) groups is 2. The van der Waals surface area contributed by atoms with Gasteiger partial charge in [0.05, 0.1) is 17.9 Å². The fourth-order valence-corrected chi connectivity index (χ4v) is 6.93. The Kier molecular flexibility index (Phi) is 11.7. The van der Waals surface area contributed by atoms with Crippen LogP contribution in [0.1, 0.15) is 56.3 Å². The number of aromatic nitrogens is 1. The molecule has 1 unspecified atom stereocenters. The molecule has 1 atom stereocenters.